The second-order valence-electron chi connectivity index (χ2n) is 10.6. The Kier molecular flexibility index (Phi) is 9.25. The summed E-state index contributed by atoms with van der Waals surface area (Å²) in [6, 6.07) is 5.33. The second-order valence-corrected chi connectivity index (χ2v) is 10.6. The summed E-state index contributed by atoms with van der Waals surface area (Å²) in [5.41, 5.74) is 8.69. The van der Waals surface area contributed by atoms with Crippen LogP contribution in [-0.2, 0) is 20.9 Å². The van der Waals surface area contributed by atoms with Crippen molar-refractivity contribution >= 4 is 40.4 Å². The van der Waals surface area contributed by atoms with Crippen LogP contribution in [-0.4, -0.2) is 72.3 Å². The number of aromatic nitrogens is 4. The van der Waals surface area contributed by atoms with Crippen LogP contribution in [0.1, 0.15) is 73.5 Å². The van der Waals surface area contributed by atoms with Gasteiger partial charge in [0.1, 0.15) is 30.2 Å². The summed E-state index contributed by atoms with van der Waals surface area (Å²) in [4.78, 5) is 48.6. The van der Waals surface area contributed by atoms with Gasteiger partial charge in [-0.15, -0.1) is 0 Å². The first-order valence-electron chi connectivity index (χ1n) is 14.2. The number of carbonyl (C=O) groups excluding carboxylic acids is 3. The van der Waals surface area contributed by atoms with Gasteiger partial charge in [-0.1, -0.05) is 31.7 Å². The lowest BCUT2D eigenvalue weighted by molar-refractivity contribution is -0.122. The molecular formula is C28H36N8O6. The van der Waals surface area contributed by atoms with Crippen LogP contribution in [0.15, 0.2) is 30.9 Å². The Morgan fingerprint density at radius 2 is 1.76 bits per heavy atom. The van der Waals surface area contributed by atoms with E-state index in [0.717, 1.165) is 44.1 Å². The van der Waals surface area contributed by atoms with Crippen LogP contribution in [0.4, 0.5) is 11.5 Å². The molecule has 2 aliphatic rings. The number of fused-ring (bicyclic) bond motifs is 2. The minimum absolute atomic E-state index is 0.0536. The van der Waals surface area contributed by atoms with Crippen LogP contribution in [0, 0.1) is 0 Å². The standard InChI is InChI=1S/C28H36N8O6/c29-25-22-26(33-14-32-25)36(15-34-22)28-24(40)23(39)19(42-28)13-30-20(37)10-5-3-1-2-4-6-11-21(38)35-18-9-7-8-16-17(18)12-31-27(16)41/h7-9,14-15,19,23-24,28,39-40H,1-6,10-13H2,(H,30,37)(H,31,41)(H,35,38)(H2,29,32,33)/t19-,23-,24-,28-/m1/s1. The molecule has 2 aliphatic heterocycles. The van der Waals surface area contributed by atoms with E-state index in [0.29, 0.717) is 41.8 Å². The number of nitrogens with one attached hydrogen (secondary N) is 3. The Bertz CT molecular complexity index is 1450. The zero-order chi connectivity index (χ0) is 29.6. The third-order valence-electron chi connectivity index (χ3n) is 7.68. The van der Waals surface area contributed by atoms with E-state index in [1.807, 2.05) is 6.07 Å². The third kappa shape index (κ3) is 6.50. The van der Waals surface area contributed by atoms with Gasteiger partial charge >= 0.3 is 0 Å². The lowest BCUT2D eigenvalue weighted by Crippen LogP contribution is -2.39. The topological polar surface area (TPSA) is 207 Å². The molecular weight excluding hydrogens is 544 g/mol. The monoisotopic (exact) mass is 580 g/mol. The molecule has 14 heteroatoms. The van der Waals surface area contributed by atoms with Gasteiger partial charge in [-0.3, -0.25) is 19.0 Å². The predicted octanol–water partition coefficient (Wildman–Crippen LogP) is 1.15. The van der Waals surface area contributed by atoms with Crippen LogP contribution in [0.2, 0.25) is 0 Å². The van der Waals surface area contributed by atoms with E-state index in [9.17, 15) is 24.6 Å². The van der Waals surface area contributed by atoms with Crippen molar-refractivity contribution < 1.29 is 29.3 Å². The SMILES string of the molecule is Nc1ncnc2c1ncn2[C@@H]1O[C@H](CNC(=O)CCCCCCCCC(=O)Nc2cccc3c2CNC3=O)[C@@H](O)[C@H]1O. The summed E-state index contributed by atoms with van der Waals surface area (Å²) >= 11 is 0. The van der Waals surface area contributed by atoms with Crippen LogP contribution >= 0.6 is 0 Å². The van der Waals surface area contributed by atoms with Crippen molar-refractivity contribution in [3.05, 3.63) is 42.0 Å². The lowest BCUT2D eigenvalue weighted by Gasteiger charge is -2.16. The first kappa shape index (κ1) is 29.4. The molecule has 4 heterocycles. The van der Waals surface area contributed by atoms with Gasteiger partial charge < -0.3 is 36.6 Å². The Morgan fingerprint density at radius 3 is 2.55 bits per heavy atom. The Balaban J connectivity index is 0.936. The van der Waals surface area contributed by atoms with Gasteiger partial charge in [0.25, 0.3) is 5.91 Å². The number of amides is 3. The fourth-order valence-corrected chi connectivity index (χ4v) is 5.35. The Hall–Kier alpha value is -4.14. The highest BCUT2D eigenvalue weighted by atomic mass is 16.6. The number of imidazole rings is 1. The molecule has 1 saturated heterocycles. The minimum atomic E-state index is -1.24. The molecule has 0 radical (unpaired) electrons. The first-order valence-corrected chi connectivity index (χ1v) is 14.2. The molecule has 2 aromatic heterocycles. The maximum Gasteiger partial charge on any atom is 0.251 e. The maximum absolute atomic E-state index is 12.3. The number of nitrogens with zero attached hydrogens (tertiary/aromatic N) is 4. The Morgan fingerprint density at radius 1 is 1.02 bits per heavy atom. The number of aliphatic hydroxyl groups excluding tert-OH is 2. The molecule has 3 aromatic rings. The molecule has 0 unspecified atom stereocenters. The molecule has 4 atom stereocenters. The number of nitrogen functional groups attached to an aromatic ring is 1. The number of rotatable bonds is 13. The van der Waals surface area contributed by atoms with Crippen LogP contribution in [0.25, 0.3) is 11.2 Å². The van der Waals surface area contributed by atoms with Crippen molar-refractivity contribution in [2.24, 2.45) is 0 Å². The zero-order valence-electron chi connectivity index (χ0n) is 23.2. The number of hydrogen-bond donors (Lipinski definition) is 6. The fourth-order valence-electron chi connectivity index (χ4n) is 5.35. The first-order chi connectivity index (χ1) is 20.3. The summed E-state index contributed by atoms with van der Waals surface area (Å²) in [5, 5.41) is 29.5. The van der Waals surface area contributed by atoms with Gasteiger partial charge in [0.05, 0.1) is 6.33 Å². The molecule has 3 amide bonds. The summed E-state index contributed by atoms with van der Waals surface area (Å²) < 4.78 is 7.34. The zero-order valence-corrected chi connectivity index (χ0v) is 23.2. The minimum Gasteiger partial charge on any atom is -0.387 e. The van der Waals surface area contributed by atoms with Crippen molar-refractivity contribution in [2.75, 3.05) is 17.6 Å². The highest BCUT2D eigenvalue weighted by Gasteiger charge is 2.44. The molecule has 224 valence electrons. The molecule has 0 spiro atoms. The average Bonchev–Trinajstić information content (AvgIpc) is 3.66. The summed E-state index contributed by atoms with van der Waals surface area (Å²) in [6.07, 6.45) is 4.50. The van der Waals surface area contributed by atoms with Gasteiger partial charge in [-0.25, -0.2) is 15.0 Å². The van der Waals surface area contributed by atoms with E-state index in [-0.39, 0.29) is 30.1 Å². The van der Waals surface area contributed by atoms with Gasteiger partial charge in [0, 0.05) is 42.7 Å². The number of hydrogen-bond acceptors (Lipinski definition) is 10. The van der Waals surface area contributed by atoms with Crippen molar-refractivity contribution in [1.29, 1.82) is 0 Å². The van der Waals surface area contributed by atoms with Gasteiger partial charge in [0.2, 0.25) is 11.8 Å². The normalized spacial score (nSPS) is 21.3. The molecule has 14 nitrogen and oxygen atoms in total. The highest BCUT2D eigenvalue weighted by molar-refractivity contribution is 6.02. The Labute approximate surface area is 242 Å². The summed E-state index contributed by atoms with van der Waals surface area (Å²) in [5.74, 6) is -0.135. The van der Waals surface area contributed by atoms with Crippen LogP contribution in [0.5, 0.6) is 0 Å². The molecule has 1 fully saturated rings. The fraction of sp³-hybridized carbons (Fsp3) is 0.500. The van der Waals surface area contributed by atoms with Crippen molar-refractivity contribution in [3.63, 3.8) is 0 Å². The van der Waals surface area contributed by atoms with Crippen molar-refractivity contribution in [1.82, 2.24) is 30.2 Å². The molecule has 1 aromatic carbocycles. The number of anilines is 2. The molecule has 0 saturated carbocycles. The van der Waals surface area contributed by atoms with E-state index in [1.54, 1.807) is 12.1 Å². The van der Waals surface area contributed by atoms with E-state index in [4.69, 9.17) is 10.5 Å². The number of benzene rings is 1. The lowest BCUT2D eigenvalue weighted by atomic mass is 10.1. The average molecular weight is 581 g/mol. The smallest absolute Gasteiger partial charge is 0.251 e. The second kappa shape index (κ2) is 13.2. The van der Waals surface area contributed by atoms with Gasteiger partial charge in [-0.2, -0.15) is 0 Å². The number of aliphatic hydroxyl groups is 2. The molecule has 42 heavy (non-hydrogen) atoms. The summed E-state index contributed by atoms with van der Waals surface area (Å²) in [7, 11) is 0. The van der Waals surface area contributed by atoms with Crippen molar-refractivity contribution in [3.8, 4) is 0 Å². The third-order valence-corrected chi connectivity index (χ3v) is 7.68. The molecule has 0 aliphatic carbocycles. The van der Waals surface area contributed by atoms with E-state index >= 15 is 0 Å². The quantitative estimate of drug-likeness (QED) is 0.159. The van der Waals surface area contributed by atoms with E-state index in [1.165, 1.54) is 17.2 Å². The molecule has 5 rings (SSSR count). The number of ether oxygens (including phenoxy) is 1. The van der Waals surface area contributed by atoms with Gasteiger partial charge in [-0.05, 0) is 25.0 Å². The maximum atomic E-state index is 12.3. The van der Waals surface area contributed by atoms with E-state index in [2.05, 4.69) is 30.9 Å². The van der Waals surface area contributed by atoms with Gasteiger partial charge in [0.15, 0.2) is 17.7 Å². The molecule has 7 N–H and O–H groups in total. The largest absolute Gasteiger partial charge is 0.387 e. The molecule has 0 bridgehead atoms. The number of carbonyl (C=O) groups is 3. The number of nitrogens with two attached hydrogens (primary N) is 1. The summed E-state index contributed by atoms with van der Waals surface area (Å²) in [6.45, 7) is 0.483. The highest BCUT2D eigenvalue weighted by Crippen LogP contribution is 2.31. The van der Waals surface area contributed by atoms with Crippen molar-refractivity contribution in [2.45, 2.75) is 82.5 Å². The van der Waals surface area contributed by atoms with Crippen LogP contribution < -0.4 is 21.7 Å². The predicted molar refractivity (Wildman–Crippen MR) is 152 cm³/mol. The number of unbranched alkanes of at least 4 members (excludes halogenated alkanes) is 5. The van der Waals surface area contributed by atoms with Crippen LogP contribution in [0.3, 0.4) is 0 Å². The van der Waals surface area contributed by atoms with E-state index < -0.39 is 24.5 Å².